The number of para-hydroxylation sites is 5. The molecule has 6 nitrogen and oxygen atoms in total. The zero-order valence-corrected chi connectivity index (χ0v) is 27.8. The van der Waals surface area contributed by atoms with Gasteiger partial charge in [0.2, 0.25) is 0 Å². The first kappa shape index (κ1) is 29.0. The Hall–Kier alpha value is -6.92. The van der Waals surface area contributed by atoms with Crippen molar-refractivity contribution in [1.82, 2.24) is 18.9 Å². The van der Waals surface area contributed by atoms with Crippen LogP contribution in [0.3, 0.4) is 0 Å². The van der Waals surface area contributed by atoms with Crippen molar-refractivity contribution in [3.05, 3.63) is 174 Å². The number of aromatic nitrogens is 4. The van der Waals surface area contributed by atoms with Crippen molar-refractivity contribution < 1.29 is 0 Å². The number of benzene rings is 7. The average Bonchev–Trinajstić information content (AvgIpc) is 3.70. The first-order valence-corrected chi connectivity index (χ1v) is 17.1. The topological polar surface area (TPSA) is 56.8 Å². The summed E-state index contributed by atoms with van der Waals surface area (Å²) in [6, 6.07) is 56.3. The van der Waals surface area contributed by atoms with Crippen LogP contribution in [0.2, 0.25) is 0 Å². The summed E-state index contributed by atoms with van der Waals surface area (Å²) in [5.74, 6) is 0.565. The minimum absolute atomic E-state index is 0.131. The van der Waals surface area contributed by atoms with Crippen molar-refractivity contribution in [2.45, 2.75) is 0 Å². The first-order valence-electron chi connectivity index (χ1n) is 17.1. The summed E-state index contributed by atoms with van der Waals surface area (Å²) in [6.07, 6.45) is 0. The lowest BCUT2D eigenvalue weighted by atomic mass is 10.0. The van der Waals surface area contributed by atoms with E-state index in [4.69, 9.17) is 4.98 Å². The Kier molecular flexibility index (Phi) is 6.45. The molecule has 0 radical (unpaired) electrons. The van der Waals surface area contributed by atoms with Crippen LogP contribution in [0.4, 0.5) is 5.69 Å². The van der Waals surface area contributed by atoms with E-state index in [-0.39, 0.29) is 5.56 Å². The summed E-state index contributed by atoms with van der Waals surface area (Å²) in [4.78, 5) is 19.7. The van der Waals surface area contributed by atoms with E-state index < -0.39 is 0 Å². The molecule has 1 N–H and O–H groups in total. The van der Waals surface area contributed by atoms with Crippen molar-refractivity contribution in [1.29, 1.82) is 0 Å². The van der Waals surface area contributed by atoms with E-state index in [2.05, 4.69) is 119 Å². The van der Waals surface area contributed by atoms with E-state index in [0.717, 1.165) is 49.9 Å². The maximum Gasteiger partial charge on any atom is 0.281 e. The maximum atomic E-state index is 14.6. The molecule has 10 rings (SSSR count). The second-order valence-electron chi connectivity index (χ2n) is 12.8. The van der Waals surface area contributed by atoms with Gasteiger partial charge >= 0.3 is 0 Å². The third-order valence-corrected chi connectivity index (χ3v) is 10.1. The average molecular weight is 658 g/mol. The van der Waals surface area contributed by atoms with E-state index in [0.29, 0.717) is 16.7 Å². The predicted molar refractivity (Wildman–Crippen MR) is 211 cm³/mol. The third-order valence-electron chi connectivity index (χ3n) is 10.1. The number of anilines is 1. The lowest BCUT2D eigenvalue weighted by molar-refractivity contribution is 0.681. The van der Waals surface area contributed by atoms with Crippen molar-refractivity contribution in [3.8, 4) is 28.2 Å². The molecule has 0 atom stereocenters. The lowest BCUT2D eigenvalue weighted by Gasteiger charge is -2.18. The summed E-state index contributed by atoms with van der Waals surface area (Å²) in [5, 5.41) is 8.40. The van der Waals surface area contributed by atoms with E-state index in [1.54, 1.807) is 4.68 Å². The molecule has 51 heavy (non-hydrogen) atoms. The van der Waals surface area contributed by atoms with Crippen LogP contribution < -0.4 is 10.9 Å². The Labute approximate surface area is 293 Å². The molecule has 6 heteroatoms. The van der Waals surface area contributed by atoms with Gasteiger partial charge in [0.1, 0.15) is 0 Å². The number of rotatable bonds is 5. The van der Waals surface area contributed by atoms with Gasteiger partial charge in [0.25, 0.3) is 5.56 Å². The molecular formula is C45H31N5O. The summed E-state index contributed by atoms with van der Waals surface area (Å²) in [6.45, 7) is 0. The van der Waals surface area contributed by atoms with Crippen molar-refractivity contribution in [2.75, 3.05) is 12.4 Å². The Balaban J connectivity index is 1.23. The molecule has 0 spiro atoms. The lowest BCUT2D eigenvalue weighted by Crippen LogP contribution is -2.29. The van der Waals surface area contributed by atoms with E-state index in [1.807, 2.05) is 66.3 Å². The second kappa shape index (κ2) is 11.3. The Morgan fingerprint density at radius 3 is 1.80 bits per heavy atom. The van der Waals surface area contributed by atoms with Crippen LogP contribution in [0.15, 0.2) is 169 Å². The van der Waals surface area contributed by atoms with Crippen LogP contribution in [0, 0.1) is 0 Å². The SMILES string of the molecule is CNc1ccccc1-c1nc2ccccc2c(=O)n1-n1c2ccccc2c2cc(-c3ccc4c(c3)c3ccccc3n4-c3ccccc3)ccc21. The smallest absolute Gasteiger partial charge is 0.281 e. The van der Waals surface area contributed by atoms with Gasteiger partial charge in [-0.15, -0.1) is 0 Å². The van der Waals surface area contributed by atoms with Crippen molar-refractivity contribution in [2.24, 2.45) is 0 Å². The van der Waals surface area contributed by atoms with Gasteiger partial charge in [0, 0.05) is 45.5 Å². The number of fused-ring (bicyclic) bond motifs is 7. The molecule has 242 valence electrons. The molecule has 10 aromatic rings. The molecule has 7 aromatic carbocycles. The minimum atomic E-state index is -0.131. The monoisotopic (exact) mass is 657 g/mol. The summed E-state index contributed by atoms with van der Waals surface area (Å²) in [7, 11) is 1.89. The third kappa shape index (κ3) is 4.36. The van der Waals surface area contributed by atoms with Gasteiger partial charge in [-0.3, -0.25) is 4.79 Å². The van der Waals surface area contributed by atoms with Crippen LogP contribution in [-0.2, 0) is 0 Å². The molecule has 0 unspecified atom stereocenters. The van der Waals surface area contributed by atoms with E-state index in [1.165, 1.54) is 21.8 Å². The predicted octanol–water partition coefficient (Wildman–Crippen LogP) is 10.3. The standard InChI is InChI=1S/C45H31N5O/c1-46-38-19-9-5-17-34(38)44-47-39-20-10-6-18-35(39)45(51)50(44)49-42-22-12-8-16-33(42)37-28-30(24-26-43(37)49)29-23-25-41-36(27-29)32-15-7-11-21-40(32)48(41)31-13-3-2-4-14-31/h2-28,46H,1H3. The van der Waals surface area contributed by atoms with Gasteiger partial charge in [-0.25, -0.2) is 9.66 Å². The zero-order valence-electron chi connectivity index (χ0n) is 27.8. The quantitative estimate of drug-likeness (QED) is 0.200. The van der Waals surface area contributed by atoms with Gasteiger partial charge < -0.3 is 9.88 Å². The first-order chi connectivity index (χ1) is 25.2. The van der Waals surface area contributed by atoms with Crippen LogP contribution in [0.25, 0.3) is 82.7 Å². The molecule has 3 aromatic heterocycles. The van der Waals surface area contributed by atoms with Gasteiger partial charge in [-0.1, -0.05) is 91.0 Å². The Morgan fingerprint density at radius 2 is 1.04 bits per heavy atom. The molecule has 0 fully saturated rings. The molecular weight excluding hydrogens is 627 g/mol. The fourth-order valence-corrected chi connectivity index (χ4v) is 7.73. The molecule has 0 aliphatic rings. The molecule has 0 aliphatic carbocycles. The summed E-state index contributed by atoms with van der Waals surface area (Å²) in [5.41, 5.74) is 9.83. The van der Waals surface area contributed by atoms with Crippen LogP contribution in [0.5, 0.6) is 0 Å². The van der Waals surface area contributed by atoms with Gasteiger partial charge in [-0.05, 0) is 83.9 Å². The van der Waals surface area contributed by atoms with E-state index in [9.17, 15) is 4.79 Å². The second-order valence-corrected chi connectivity index (χ2v) is 12.8. The molecule has 0 aliphatic heterocycles. The van der Waals surface area contributed by atoms with Gasteiger partial charge in [-0.2, -0.15) is 4.68 Å². The van der Waals surface area contributed by atoms with E-state index >= 15 is 0 Å². The van der Waals surface area contributed by atoms with Crippen LogP contribution in [0.1, 0.15) is 0 Å². The number of nitrogens with zero attached hydrogens (tertiary/aromatic N) is 4. The fraction of sp³-hybridized carbons (Fsp3) is 0.0222. The fourth-order valence-electron chi connectivity index (χ4n) is 7.73. The van der Waals surface area contributed by atoms with Gasteiger partial charge in [0.05, 0.1) is 33.0 Å². The Morgan fingerprint density at radius 1 is 0.490 bits per heavy atom. The van der Waals surface area contributed by atoms with Gasteiger partial charge in [0.15, 0.2) is 5.82 Å². The highest BCUT2D eigenvalue weighted by Gasteiger charge is 2.21. The highest BCUT2D eigenvalue weighted by atomic mass is 16.1. The largest absolute Gasteiger partial charge is 0.388 e. The molecule has 0 bridgehead atoms. The highest BCUT2D eigenvalue weighted by molar-refractivity contribution is 6.12. The van der Waals surface area contributed by atoms with Crippen molar-refractivity contribution >= 4 is 60.2 Å². The number of hydrogen-bond acceptors (Lipinski definition) is 3. The molecule has 3 heterocycles. The summed E-state index contributed by atoms with van der Waals surface area (Å²) >= 11 is 0. The minimum Gasteiger partial charge on any atom is -0.388 e. The highest BCUT2D eigenvalue weighted by Crippen LogP contribution is 2.38. The molecule has 0 amide bonds. The number of hydrogen-bond donors (Lipinski definition) is 1. The number of nitrogens with one attached hydrogen (secondary N) is 1. The molecule has 0 saturated carbocycles. The molecule has 0 saturated heterocycles. The van der Waals surface area contributed by atoms with Crippen LogP contribution in [-0.4, -0.2) is 26.0 Å². The Bertz CT molecular complexity index is 3040. The maximum absolute atomic E-state index is 14.6. The summed E-state index contributed by atoms with van der Waals surface area (Å²) < 4.78 is 6.12. The normalized spacial score (nSPS) is 11.7. The van der Waals surface area contributed by atoms with Crippen LogP contribution >= 0.6 is 0 Å². The zero-order chi connectivity index (χ0) is 34.1. The van der Waals surface area contributed by atoms with Crippen molar-refractivity contribution in [3.63, 3.8) is 0 Å².